The van der Waals surface area contributed by atoms with Gasteiger partial charge < -0.3 is 15.0 Å². The van der Waals surface area contributed by atoms with E-state index in [1.807, 2.05) is 18.2 Å². The van der Waals surface area contributed by atoms with Crippen molar-refractivity contribution in [2.75, 3.05) is 20.2 Å². The summed E-state index contributed by atoms with van der Waals surface area (Å²) in [5.41, 5.74) is 1.32. The van der Waals surface area contributed by atoms with Crippen molar-refractivity contribution in [3.05, 3.63) is 35.9 Å². The molecule has 1 aromatic carbocycles. The van der Waals surface area contributed by atoms with E-state index in [-0.39, 0.29) is 18.0 Å². The Labute approximate surface area is 144 Å². The van der Waals surface area contributed by atoms with Crippen molar-refractivity contribution in [2.24, 2.45) is 5.92 Å². The van der Waals surface area contributed by atoms with Gasteiger partial charge >= 0.3 is 6.09 Å². The molecule has 0 saturated carbocycles. The van der Waals surface area contributed by atoms with Gasteiger partial charge in [0.1, 0.15) is 0 Å². The van der Waals surface area contributed by atoms with Gasteiger partial charge in [-0.2, -0.15) is 0 Å². The Hall–Kier alpha value is -2.04. The highest BCUT2D eigenvalue weighted by molar-refractivity contribution is 5.76. The lowest BCUT2D eigenvalue weighted by Gasteiger charge is -2.31. The van der Waals surface area contributed by atoms with Crippen molar-refractivity contribution in [3.8, 4) is 0 Å². The Morgan fingerprint density at radius 2 is 1.92 bits per heavy atom. The average molecular weight is 332 g/mol. The largest absolute Gasteiger partial charge is 0.453 e. The number of methoxy groups -OCH3 is 1. The van der Waals surface area contributed by atoms with Crippen LogP contribution in [0.2, 0.25) is 0 Å². The number of hydrogen-bond acceptors (Lipinski definition) is 3. The van der Waals surface area contributed by atoms with Gasteiger partial charge in [-0.3, -0.25) is 4.79 Å². The van der Waals surface area contributed by atoms with Crippen LogP contribution >= 0.6 is 0 Å². The van der Waals surface area contributed by atoms with Crippen LogP contribution in [0.4, 0.5) is 4.79 Å². The van der Waals surface area contributed by atoms with Gasteiger partial charge in [-0.1, -0.05) is 37.3 Å². The highest BCUT2D eigenvalue weighted by Gasteiger charge is 2.24. The number of aryl methyl sites for hydroxylation is 1. The molecule has 1 aromatic rings. The summed E-state index contributed by atoms with van der Waals surface area (Å²) in [5, 5.41) is 3.11. The van der Waals surface area contributed by atoms with E-state index < -0.39 is 0 Å². The normalized spacial score (nSPS) is 16.5. The van der Waals surface area contributed by atoms with E-state index in [2.05, 4.69) is 24.4 Å². The zero-order chi connectivity index (χ0) is 17.4. The third-order valence-corrected chi connectivity index (χ3v) is 4.60. The van der Waals surface area contributed by atoms with Crippen LogP contribution in [0.25, 0.3) is 0 Å². The first kappa shape index (κ1) is 18.3. The van der Waals surface area contributed by atoms with E-state index in [0.717, 1.165) is 25.7 Å². The lowest BCUT2D eigenvalue weighted by molar-refractivity contribution is -0.122. The van der Waals surface area contributed by atoms with Crippen LogP contribution in [-0.2, 0) is 16.0 Å². The number of piperidine rings is 1. The Morgan fingerprint density at radius 3 is 2.54 bits per heavy atom. The average Bonchev–Trinajstić information content (AvgIpc) is 2.60. The molecule has 1 N–H and O–H groups in total. The van der Waals surface area contributed by atoms with E-state index in [1.54, 1.807) is 4.90 Å². The Balaban J connectivity index is 1.65. The monoisotopic (exact) mass is 332 g/mol. The fourth-order valence-corrected chi connectivity index (χ4v) is 3.10. The van der Waals surface area contributed by atoms with Crippen LogP contribution in [0.15, 0.2) is 30.3 Å². The zero-order valence-electron chi connectivity index (χ0n) is 14.7. The number of likely N-dealkylation sites (tertiary alicyclic amines) is 1. The van der Waals surface area contributed by atoms with Crippen LogP contribution in [0, 0.1) is 5.92 Å². The quantitative estimate of drug-likeness (QED) is 0.871. The molecule has 1 aliphatic rings. The Morgan fingerprint density at radius 1 is 1.25 bits per heavy atom. The molecular weight excluding hydrogens is 304 g/mol. The molecule has 2 rings (SSSR count). The first-order valence-corrected chi connectivity index (χ1v) is 8.74. The first-order chi connectivity index (χ1) is 11.6. The highest BCUT2D eigenvalue weighted by Crippen LogP contribution is 2.15. The number of nitrogens with one attached hydrogen (secondary N) is 1. The van der Waals surface area contributed by atoms with Crippen molar-refractivity contribution in [2.45, 2.75) is 45.1 Å². The minimum Gasteiger partial charge on any atom is -0.453 e. The molecule has 0 bridgehead atoms. The number of carbonyl (C=O) groups excluding carboxylic acids is 2. The smallest absolute Gasteiger partial charge is 0.409 e. The molecule has 5 nitrogen and oxygen atoms in total. The SMILES string of the molecule is COC(=O)N1CCC(NC(=O)CC(C)CCc2ccccc2)CC1. The third-order valence-electron chi connectivity index (χ3n) is 4.60. The molecule has 1 heterocycles. The van der Waals surface area contributed by atoms with Gasteiger partial charge in [-0.05, 0) is 37.2 Å². The second kappa shape index (κ2) is 9.30. The highest BCUT2D eigenvalue weighted by atomic mass is 16.5. The summed E-state index contributed by atoms with van der Waals surface area (Å²) in [6, 6.07) is 10.5. The maximum atomic E-state index is 12.2. The second-order valence-electron chi connectivity index (χ2n) is 6.63. The van der Waals surface area contributed by atoms with Gasteiger partial charge in [0.25, 0.3) is 0 Å². The van der Waals surface area contributed by atoms with Crippen LogP contribution in [0.3, 0.4) is 0 Å². The molecule has 0 radical (unpaired) electrons. The molecule has 0 aliphatic carbocycles. The molecule has 5 heteroatoms. The fourth-order valence-electron chi connectivity index (χ4n) is 3.10. The number of carbonyl (C=O) groups is 2. The third kappa shape index (κ3) is 5.87. The van der Waals surface area contributed by atoms with Crippen molar-refractivity contribution < 1.29 is 14.3 Å². The minimum absolute atomic E-state index is 0.118. The van der Waals surface area contributed by atoms with Crippen molar-refractivity contribution in [1.29, 1.82) is 0 Å². The summed E-state index contributed by atoms with van der Waals surface area (Å²) >= 11 is 0. The topological polar surface area (TPSA) is 58.6 Å². The molecule has 1 unspecified atom stereocenters. The number of rotatable bonds is 6. The number of ether oxygens (including phenoxy) is 1. The number of hydrogen-bond donors (Lipinski definition) is 1. The summed E-state index contributed by atoms with van der Waals surface area (Å²) in [5.74, 6) is 0.479. The van der Waals surface area contributed by atoms with Gasteiger partial charge in [0.2, 0.25) is 5.91 Å². The van der Waals surface area contributed by atoms with Gasteiger partial charge in [-0.25, -0.2) is 4.79 Å². The predicted octanol–water partition coefficient (Wildman–Crippen LogP) is 2.99. The van der Waals surface area contributed by atoms with Crippen molar-refractivity contribution >= 4 is 12.0 Å². The molecular formula is C19H28N2O3. The molecule has 1 saturated heterocycles. The summed E-state index contributed by atoms with van der Waals surface area (Å²) in [6.45, 7) is 3.41. The molecule has 0 spiro atoms. The Bertz CT molecular complexity index is 525. The lowest BCUT2D eigenvalue weighted by Crippen LogP contribution is -2.46. The van der Waals surface area contributed by atoms with E-state index in [9.17, 15) is 9.59 Å². The fraction of sp³-hybridized carbons (Fsp3) is 0.579. The molecule has 132 valence electrons. The summed E-state index contributed by atoms with van der Waals surface area (Å²) in [7, 11) is 1.40. The summed E-state index contributed by atoms with van der Waals surface area (Å²) < 4.78 is 4.72. The maximum Gasteiger partial charge on any atom is 0.409 e. The number of nitrogens with zero attached hydrogens (tertiary/aromatic N) is 1. The van der Waals surface area contributed by atoms with E-state index in [1.165, 1.54) is 12.7 Å². The molecule has 1 aliphatic heterocycles. The molecule has 0 aromatic heterocycles. The van der Waals surface area contributed by atoms with Crippen LogP contribution in [-0.4, -0.2) is 43.1 Å². The minimum atomic E-state index is -0.283. The number of amides is 2. The molecule has 1 fully saturated rings. The molecule has 24 heavy (non-hydrogen) atoms. The van der Waals surface area contributed by atoms with Gasteiger partial charge in [0, 0.05) is 25.6 Å². The molecule has 2 amide bonds. The van der Waals surface area contributed by atoms with Gasteiger partial charge in [0.05, 0.1) is 7.11 Å². The van der Waals surface area contributed by atoms with Gasteiger partial charge in [0.15, 0.2) is 0 Å². The van der Waals surface area contributed by atoms with Crippen molar-refractivity contribution in [3.63, 3.8) is 0 Å². The van der Waals surface area contributed by atoms with E-state index >= 15 is 0 Å². The number of benzene rings is 1. The van der Waals surface area contributed by atoms with E-state index in [0.29, 0.717) is 25.4 Å². The summed E-state index contributed by atoms with van der Waals surface area (Å²) in [6.07, 6.45) is 3.88. The van der Waals surface area contributed by atoms with Crippen LogP contribution < -0.4 is 5.32 Å². The van der Waals surface area contributed by atoms with Crippen LogP contribution in [0.1, 0.15) is 38.2 Å². The van der Waals surface area contributed by atoms with E-state index in [4.69, 9.17) is 4.74 Å². The first-order valence-electron chi connectivity index (χ1n) is 8.74. The Kier molecular flexibility index (Phi) is 7.09. The van der Waals surface area contributed by atoms with Gasteiger partial charge in [-0.15, -0.1) is 0 Å². The standard InChI is InChI=1S/C19H28N2O3/c1-15(8-9-16-6-4-3-5-7-16)14-18(22)20-17-10-12-21(13-11-17)19(23)24-2/h3-7,15,17H,8-14H2,1-2H3,(H,20,22). The molecule has 1 atom stereocenters. The lowest BCUT2D eigenvalue weighted by atomic mass is 9.97. The summed E-state index contributed by atoms with van der Waals surface area (Å²) in [4.78, 5) is 25.3. The maximum absolute atomic E-state index is 12.2. The van der Waals surface area contributed by atoms with Crippen molar-refractivity contribution in [1.82, 2.24) is 10.2 Å². The predicted molar refractivity (Wildman–Crippen MR) is 93.7 cm³/mol. The second-order valence-corrected chi connectivity index (χ2v) is 6.63. The van der Waals surface area contributed by atoms with Crippen LogP contribution in [0.5, 0.6) is 0 Å². The zero-order valence-corrected chi connectivity index (χ0v) is 14.7.